The lowest BCUT2D eigenvalue weighted by Crippen LogP contribution is -2.36. The number of para-hydroxylation sites is 1. The molecule has 0 aromatic heterocycles. The predicted octanol–water partition coefficient (Wildman–Crippen LogP) is 4.65. The highest BCUT2D eigenvalue weighted by molar-refractivity contribution is 6.03. The van der Waals surface area contributed by atoms with Gasteiger partial charge in [0.25, 0.3) is 5.91 Å². The van der Waals surface area contributed by atoms with Crippen LogP contribution in [0.1, 0.15) is 23.6 Å². The van der Waals surface area contributed by atoms with Crippen molar-refractivity contribution in [2.24, 2.45) is 5.10 Å². The molecule has 1 atom stereocenters. The van der Waals surface area contributed by atoms with E-state index >= 15 is 0 Å². The van der Waals surface area contributed by atoms with Crippen LogP contribution in [0.25, 0.3) is 0 Å². The summed E-state index contributed by atoms with van der Waals surface area (Å²) in [5, 5.41) is 6.05. The smallest absolute Gasteiger partial charge is 0.262 e. The van der Waals surface area contributed by atoms with Gasteiger partial charge in [0.05, 0.1) is 25.4 Å². The number of benzene rings is 3. The van der Waals surface area contributed by atoms with E-state index in [1.807, 2.05) is 66.5 Å². The summed E-state index contributed by atoms with van der Waals surface area (Å²) in [7, 11) is 3.47. The van der Waals surface area contributed by atoms with Crippen LogP contribution in [0.4, 0.5) is 10.1 Å². The fourth-order valence-corrected chi connectivity index (χ4v) is 3.73. The number of hydrogen-bond donors (Lipinski definition) is 0. The Labute approximate surface area is 181 Å². The summed E-state index contributed by atoms with van der Waals surface area (Å²) in [5.74, 6) is 0.210. The summed E-state index contributed by atoms with van der Waals surface area (Å²) < 4.78 is 19.8. The zero-order valence-electron chi connectivity index (χ0n) is 17.5. The molecular weight excluding hydrogens is 393 g/mol. The molecule has 1 unspecified atom stereocenters. The zero-order chi connectivity index (χ0) is 21.8. The Morgan fingerprint density at radius 1 is 1.06 bits per heavy atom. The molecule has 0 spiro atoms. The van der Waals surface area contributed by atoms with Crippen molar-refractivity contribution in [1.82, 2.24) is 5.01 Å². The average molecular weight is 417 g/mol. The summed E-state index contributed by atoms with van der Waals surface area (Å²) in [6.07, 6.45) is 0.439. The topological polar surface area (TPSA) is 45.1 Å². The number of ether oxygens (including phenoxy) is 1. The molecule has 0 fully saturated rings. The van der Waals surface area contributed by atoms with Gasteiger partial charge in [-0.3, -0.25) is 4.79 Å². The lowest BCUT2D eigenvalue weighted by atomic mass is 9.98. The maximum absolute atomic E-state index is 14.6. The first-order valence-electron chi connectivity index (χ1n) is 10.1. The van der Waals surface area contributed by atoms with E-state index in [4.69, 9.17) is 4.74 Å². The summed E-state index contributed by atoms with van der Waals surface area (Å²) in [4.78, 5) is 15.1. The molecule has 1 aliphatic heterocycles. The Balaban J connectivity index is 1.63. The average Bonchev–Trinajstić information content (AvgIpc) is 3.25. The highest BCUT2D eigenvalue weighted by atomic mass is 19.1. The van der Waals surface area contributed by atoms with Gasteiger partial charge in [0.2, 0.25) is 0 Å². The Kier molecular flexibility index (Phi) is 5.98. The minimum atomic E-state index is -0.491. The van der Waals surface area contributed by atoms with E-state index < -0.39 is 6.04 Å². The molecule has 3 aromatic rings. The number of nitrogens with zero attached hydrogens (tertiary/aromatic N) is 3. The molecular formula is C25H24FN3O2. The second-order valence-electron chi connectivity index (χ2n) is 7.45. The van der Waals surface area contributed by atoms with Crippen molar-refractivity contribution in [2.45, 2.75) is 12.5 Å². The van der Waals surface area contributed by atoms with Gasteiger partial charge >= 0.3 is 0 Å². The van der Waals surface area contributed by atoms with Crippen molar-refractivity contribution in [3.63, 3.8) is 0 Å². The summed E-state index contributed by atoms with van der Waals surface area (Å²) in [6, 6.07) is 23.2. The third-order valence-corrected chi connectivity index (χ3v) is 5.42. The molecule has 1 aliphatic rings. The molecule has 6 heteroatoms. The first kappa shape index (κ1) is 20.6. The molecule has 5 nitrogen and oxygen atoms in total. The maximum atomic E-state index is 14.6. The van der Waals surface area contributed by atoms with E-state index in [0.29, 0.717) is 12.0 Å². The Morgan fingerprint density at radius 3 is 2.42 bits per heavy atom. The predicted molar refractivity (Wildman–Crippen MR) is 120 cm³/mol. The van der Waals surface area contributed by atoms with E-state index in [0.717, 1.165) is 22.7 Å². The van der Waals surface area contributed by atoms with Crippen molar-refractivity contribution >= 4 is 17.3 Å². The lowest BCUT2D eigenvalue weighted by Gasteiger charge is -2.26. The van der Waals surface area contributed by atoms with E-state index in [-0.39, 0.29) is 18.3 Å². The number of hydrazone groups is 1. The van der Waals surface area contributed by atoms with Crippen LogP contribution >= 0.6 is 0 Å². The molecule has 3 aromatic carbocycles. The molecule has 31 heavy (non-hydrogen) atoms. The van der Waals surface area contributed by atoms with Gasteiger partial charge in [-0.1, -0.05) is 36.4 Å². The Bertz CT molecular complexity index is 1080. The summed E-state index contributed by atoms with van der Waals surface area (Å²) in [6.45, 7) is 0.133. The summed E-state index contributed by atoms with van der Waals surface area (Å²) in [5.41, 5.74) is 3.02. The van der Waals surface area contributed by atoms with Gasteiger partial charge in [-0.15, -0.1) is 0 Å². The van der Waals surface area contributed by atoms with Crippen molar-refractivity contribution < 1.29 is 13.9 Å². The van der Waals surface area contributed by atoms with Gasteiger partial charge in [-0.25, -0.2) is 9.40 Å². The molecule has 1 heterocycles. The monoisotopic (exact) mass is 417 g/mol. The van der Waals surface area contributed by atoms with Crippen LogP contribution in [0, 0.1) is 5.82 Å². The third-order valence-electron chi connectivity index (χ3n) is 5.42. The van der Waals surface area contributed by atoms with Gasteiger partial charge in [-0.05, 0) is 48.0 Å². The zero-order valence-corrected chi connectivity index (χ0v) is 17.5. The molecule has 0 N–H and O–H groups in total. The normalized spacial score (nSPS) is 15.5. The van der Waals surface area contributed by atoms with Crippen molar-refractivity contribution in [2.75, 3.05) is 25.6 Å². The lowest BCUT2D eigenvalue weighted by molar-refractivity contribution is -0.131. The van der Waals surface area contributed by atoms with Gasteiger partial charge in [0.1, 0.15) is 11.6 Å². The van der Waals surface area contributed by atoms with Crippen LogP contribution in [-0.4, -0.2) is 37.3 Å². The van der Waals surface area contributed by atoms with Crippen molar-refractivity contribution in [3.05, 3.63) is 95.8 Å². The minimum Gasteiger partial charge on any atom is -0.497 e. The molecule has 4 rings (SSSR count). The Hall–Kier alpha value is -3.67. The fraction of sp³-hybridized carbons (Fsp3) is 0.200. The molecule has 158 valence electrons. The van der Waals surface area contributed by atoms with Gasteiger partial charge in [0, 0.05) is 24.7 Å². The number of carbonyl (C=O) groups excluding carboxylic acids is 1. The minimum absolute atomic E-state index is 0.133. The molecule has 0 saturated carbocycles. The first-order chi connectivity index (χ1) is 15.1. The third kappa shape index (κ3) is 4.43. The Morgan fingerprint density at radius 2 is 1.74 bits per heavy atom. The number of hydrogen-bond acceptors (Lipinski definition) is 4. The number of methoxy groups -OCH3 is 1. The second-order valence-corrected chi connectivity index (χ2v) is 7.45. The van der Waals surface area contributed by atoms with E-state index in [1.165, 1.54) is 11.1 Å². The van der Waals surface area contributed by atoms with Crippen LogP contribution in [-0.2, 0) is 4.79 Å². The molecule has 0 saturated heterocycles. The van der Waals surface area contributed by atoms with E-state index in [1.54, 1.807) is 25.3 Å². The van der Waals surface area contributed by atoms with Gasteiger partial charge in [-0.2, -0.15) is 5.10 Å². The number of likely N-dealkylation sites (N-methyl/N-ethyl adjacent to an activating group) is 1. The van der Waals surface area contributed by atoms with Crippen LogP contribution in [0.2, 0.25) is 0 Å². The van der Waals surface area contributed by atoms with Crippen LogP contribution in [0.15, 0.2) is 84.0 Å². The van der Waals surface area contributed by atoms with Crippen molar-refractivity contribution in [1.29, 1.82) is 0 Å². The van der Waals surface area contributed by atoms with Gasteiger partial charge in [0.15, 0.2) is 0 Å². The summed E-state index contributed by atoms with van der Waals surface area (Å²) >= 11 is 0. The largest absolute Gasteiger partial charge is 0.497 e. The van der Waals surface area contributed by atoms with Crippen LogP contribution in [0.3, 0.4) is 0 Å². The quantitative estimate of drug-likeness (QED) is 0.587. The number of rotatable bonds is 6. The second kappa shape index (κ2) is 9.00. The number of carbonyl (C=O) groups is 1. The molecule has 0 aliphatic carbocycles. The van der Waals surface area contributed by atoms with Crippen LogP contribution in [0.5, 0.6) is 5.75 Å². The van der Waals surface area contributed by atoms with E-state index in [2.05, 4.69) is 5.10 Å². The SMILES string of the molecule is COc1ccc(C2=NN(C(=O)CN(C)c3ccccc3)C(c3ccccc3F)C2)cc1. The first-order valence-corrected chi connectivity index (χ1v) is 10.1. The highest BCUT2D eigenvalue weighted by Crippen LogP contribution is 2.34. The van der Waals surface area contributed by atoms with Crippen molar-refractivity contribution in [3.8, 4) is 5.75 Å². The number of halogens is 1. The molecule has 1 amide bonds. The molecule has 0 bridgehead atoms. The number of anilines is 1. The van der Waals surface area contributed by atoms with Crippen LogP contribution < -0.4 is 9.64 Å². The number of amides is 1. The standard InChI is InChI=1S/C25H24FN3O2/c1-28(19-8-4-3-5-9-19)17-25(30)29-24(21-10-6-7-11-22(21)26)16-23(27-29)18-12-14-20(31-2)15-13-18/h3-15,24H,16-17H2,1-2H3. The van der Waals surface area contributed by atoms with Gasteiger partial charge < -0.3 is 9.64 Å². The highest BCUT2D eigenvalue weighted by Gasteiger charge is 2.34. The fourth-order valence-electron chi connectivity index (χ4n) is 3.73. The van der Waals surface area contributed by atoms with E-state index in [9.17, 15) is 9.18 Å². The maximum Gasteiger partial charge on any atom is 0.262 e. The molecule has 0 radical (unpaired) electrons.